The van der Waals surface area contributed by atoms with Crippen molar-refractivity contribution in [2.45, 2.75) is 18.6 Å². The fraction of sp³-hybridized carbons (Fsp3) is 0.294. The molecule has 0 aromatic heterocycles. The van der Waals surface area contributed by atoms with Crippen molar-refractivity contribution in [1.82, 2.24) is 5.32 Å². The molecule has 1 saturated heterocycles. The van der Waals surface area contributed by atoms with Crippen LogP contribution in [0.3, 0.4) is 0 Å². The highest BCUT2D eigenvalue weighted by Crippen LogP contribution is 2.30. The third-order valence-electron chi connectivity index (χ3n) is 3.98. The zero-order valence-electron chi connectivity index (χ0n) is 11.8. The first-order valence-corrected chi connectivity index (χ1v) is 6.96. The largest absolute Gasteiger partial charge is 0.370 e. The lowest BCUT2D eigenvalue weighted by Gasteiger charge is -2.39. The van der Waals surface area contributed by atoms with Crippen LogP contribution in [0, 0.1) is 11.6 Å². The Morgan fingerprint density at radius 1 is 1.10 bits per heavy atom. The van der Waals surface area contributed by atoms with E-state index < -0.39 is 11.6 Å². The maximum atomic E-state index is 13.3. The molecule has 4 heteroatoms. The molecule has 110 valence electrons. The van der Waals surface area contributed by atoms with Gasteiger partial charge in [-0.2, -0.15) is 0 Å². The topological polar surface area (TPSA) is 21.3 Å². The number of hydrogen-bond acceptors (Lipinski definition) is 2. The minimum atomic E-state index is -0.840. The molecule has 0 spiro atoms. The van der Waals surface area contributed by atoms with Gasteiger partial charge in [0.2, 0.25) is 0 Å². The Morgan fingerprint density at radius 3 is 2.48 bits per heavy atom. The normalized spacial score (nSPS) is 25.8. The second-order valence-corrected chi connectivity index (χ2v) is 5.55. The van der Waals surface area contributed by atoms with E-state index >= 15 is 0 Å². The van der Waals surface area contributed by atoms with Gasteiger partial charge in [-0.25, -0.2) is 8.78 Å². The van der Waals surface area contributed by atoms with Crippen LogP contribution in [0.15, 0.2) is 48.5 Å². The number of rotatable bonds is 2. The van der Waals surface area contributed by atoms with Crippen LogP contribution in [0.2, 0.25) is 0 Å². The first-order valence-electron chi connectivity index (χ1n) is 6.96. The van der Waals surface area contributed by atoms with Crippen molar-refractivity contribution < 1.29 is 13.5 Å². The highest BCUT2D eigenvalue weighted by atomic mass is 19.2. The molecule has 0 saturated carbocycles. The van der Waals surface area contributed by atoms with Crippen LogP contribution >= 0.6 is 0 Å². The van der Waals surface area contributed by atoms with Crippen molar-refractivity contribution in [2.24, 2.45) is 0 Å². The SMILES string of the molecule is CC1(c2ccccc2)COC(c2ccc(F)c(F)c2)CN1. The van der Waals surface area contributed by atoms with Crippen molar-refractivity contribution in [3.63, 3.8) is 0 Å². The Labute approximate surface area is 122 Å². The highest BCUT2D eigenvalue weighted by Gasteiger charge is 2.33. The minimum Gasteiger partial charge on any atom is -0.370 e. The van der Waals surface area contributed by atoms with Gasteiger partial charge in [0.25, 0.3) is 0 Å². The predicted molar refractivity (Wildman–Crippen MR) is 76.8 cm³/mol. The average Bonchev–Trinajstić information content (AvgIpc) is 2.52. The molecule has 1 fully saturated rings. The Balaban J connectivity index is 1.74. The number of morpholine rings is 1. The molecule has 3 rings (SSSR count). The van der Waals surface area contributed by atoms with Crippen LogP contribution in [-0.2, 0) is 10.3 Å². The zero-order chi connectivity index (χ0) is 14.9. The first-order chi connectivity index (χ1) is 10.1. The second kappa shape index (κ2) is 5.54. The molecule has 2 aromatic rings. The summed E-state index contributed by atoms with van der Waals surface area (Å²) >= 11 is 0. The van der Waals surface area contributed by atoms with Gasteiger partial charge in [0.15, 0.2) is 11.6 Å². The molecular weight excluding hydrogens is 272 g/mol. The van der Waals surface area contributed by atoms with Crippen LogP contribution in [0.25, 0.3) is 0 Å². The van der Waals surface area contributed by atoms with Crippen molar-refractivity contribution in [1.29, 1.82) is 0 Å². The molecule has 1 N–H and O–H groups in total. The molecule has 1 aliphatic heterocycles. The van der Waals surface area contributed by atoms with E-state index in [9.17, 15) is 8.78 Å². The number of ether oxygens (including phenoxy) is 1. The summed E-state index contributed by atoms with van der Waals surface area (Å²) in [6.07, 6.45) is -0.267. The Bertz CT molecular complexity index is 622. The Morgan fingerprint density at radius 2 is 1.86 bits per heavy atom. The summed E-state index contributed by atoms with van der Waals surface area (Å²) < 4.78 is 32.2. The van der Waals surface area contributed by atoms with E-state index in [1.165, 1.54) is 6.07 Å². The molecule has 2 unspecified atom stereocenters. The summed E-state index contributed by atoms with van der Waals surface area (Å²) in [7, 11) is 0. The molecule has 1 heterocycles. The van der Waals surface area contributed by atoms with Gasteiger partial charge < -0.3 is 10.1 Å². The van der Waals surface area contributed by atoms with Crippen molar-refractivity contribution in [3.8, 4) is 0 Å². The summed E-state index contributed by atoms with van der Waals surface area (Å²) in [5, 5.41) is 3.45. The first kappa shape index (κ1) is 14.2. The molecule has 0 radical (unpaired) electrons. The standard InChI is InChI=1S/C17H17F2NO/c1-17(13-5-3-2-4-6-13)11-21-16(10-20-17)12-7-8-14(18)15(19)9-12/h2-9,16,20H,10-11H2,1H3. The van der Waals surface area contributed by atoms with Crippen molar-refractivity contribution in [2.75, 3.05) is 13.2 Å². The molecule has 0 bridgehead atoms. The van der Waals surface area contributed by atoms with Crippen LogP contribution in [0.5, 0.6) is 0 Å². The summed E-state index contributed by atoms with van der Waals surface area (Å²) in [5.74, 6) is -1.68. The predicted octanol–water partition coefficient (Wildman–Crippen LogP) is 3.54. The lowest BCUT2D eigenvalue weighted by molar-refractivity contribution is -0.0309. The lowest BCUT2D eigenvalue weighted by Crippen LogP contribution is -2.50. The summed E-state index contributed by atoms with van der Waals surface area (Å²) in [6.45, 7) is 3.10. The van der Waals surface area contributed by atoms with Gasteiger partial charge in [-0.3, -0.25) is 0 Å². The fourth-order valence-corrected chi connectivity index (χ4v) is 2.61. The number of nitrogens with one attached hydrogen (secondary N) is 1. The van der Waals surface area contributed by atoms with Crippen LogP contribution in [-0.4, -0.2) is 13.2 Å². The Hall–Kier alpha value is -1.78. The number of halogens is 2. The van der Waals surface area contributed by atoms with Gasteiger partial charge in [0, 0.05) is 6.54 Å². The Kier molecular flexibility index (Phi) is 3.74. The minimum absolute atomic E-state index is 0.267. The van der Waals surface area contributed by atoms with E-state index in [0.717, 1.165) is 11.6 Å². The van der Waals surface area contributed by atoms with Gasteiger partial charge in [-0.1, -0.05) is 36.4 Å². The lowest BCUT2D eigenvalue weighted by atomic mass is 9.90. The monoisotopic (exact) mass is 289 g/mol. The van der Waals surface area contributed by atoms with E-state index in [1.54, 1.807) is 6.07 Å². The van der Waals surface area contributed by atoms with Crippen LogP contribution in [0.1, 0.15) is 24.2 Å². The van der Waals surface area contributed by atoms with Crippen LogP contribution < -0.4 is 5.32 Å². The third kappa shape index (κ3) is 2.82. The van der Waals surface area contributed by atoms with Gasteiger partial charge in [0.05, 0.1) is 18.2 Å². The van der Waals surface area contributed by atoms with E-state index in [2.05, 4.69) is 12.2 Å². The molecule has 21 heavy (non-hydrogen) atoms. The molecule has 2 atom stereocenters. The summed E-state index contributed by atoms with van der Waals surface area (Å²) in [4.78, 5) is 0. The maximum absolute atomic E-state index is 13.3. The maximum Gasteiger partial charge on any atom is 0.159 e. The van der Waals surface area contributed by atoms with Gasteiger partial charge >= 0.3 is 0 Å². The zero-order valence-corrected chi connectivity index (χ0v) is 11.8. The number of hydrogen-bond donors (Lipinski definition) is 1. The third-order valence-corrected chi connectivity index (χ3v) is 3.98. The van der Waals surface area contributed by atoms with E-state index in [-0.39, 0.29) is 11.6 Å². The molecule has 0 aliphatic carbocycles. The average molecular weight is 289 g/mol. The molecule has 2 nitrogen and oxygen atoms in total. The van der Waals surface area contributed by atoms with Gasteiger partial charge in [-0.05, 0) is 30.2 Å². The molecule has 1 aliphatic rings. The summed E-state index contributed by atoms with van der Waals surface area (Å²) in [6, 6.07) is 14.0. The summed E-state index contributed by atoms with van der Waals surface area (Å²) in [5.41, 5.74) is 1.53. The van der Waals surface area contributed by atoms with E-state index in [1.807, 2.05) is 30.3 Å². The van der Waals surface area contributed by atoms with Gasteiger partial charge in [-0.15, -0.1) is 0 Å². The van der Waals surface area contributed by atoms with Crippen LogP contribution in [0.4, 0.5) is 8.78 Å². The highest BCUT2D eigenvalue weighted by molar-refractivity contribution is 5.26. The van der Waals surface area contributed by atoms with E-state index in [4.69, 9.17) is 4.74 Å². The fourth-order valence-electron chi connectivity index (χ4n) is 2.61. The molecule has 2 aromatic carbocycles. The van der Waals surface area contributed by atoms with E-state index in [0.29, 0.717) is 18.7 Å². The number of benzene rings is 2. The molecule has 0 amide bonds. The molecular formula is C17H17F2NO. The second-order valence-electron chi connectivity index (χ2n) is 5.55. The van der Waals surface area contributed by atoms with Crippen molar-refractivity contribution >= 4 is 0 Å². The smallest absolute Gasteiger partial charge is 0.159 e. The van der Waals surface area contributed by atoms with Gasteiger partial charge in [0.1, 0.15) is 0 Å². The van der Waals surface area contributed by atoms with Crippen molar-refractivity contribution in [3.05, 3.63) is 71.3 Å². The quantitative estimate of drug-likeness (QED) is 0.913.